The number of rotatable bonds is 6. The van der Waals surface area contributed by atoms with Gasteiger partial charge >= 0.3 is 0 Å². The van der Waals surface area contributed by atoms with Gasteiger partial charge in [-0.2, -0.15) is 0 Å². The van der Waals surface area contributed by atoms with Crippen LogP contribution in [0.15, 0.2) is 30.3 Å². The van der Waals surface area contributed by atoms with Crippen LogP contribution in [0.4, 0.5) is 0 Å². The van der Waals surface area contributed by atoms with Gasteiger partial charge in [-0.05, 0) is 33.4 Å². The van der Waals surface area contributed by atoms with Gasteiger partial charge in [0.2, 0.25) is 0 Å². The molecule has 1 N–H and O–H groups in total. The van der Waals surface area contributed by atoms with Crippen molar-refractivity contribution >= 4 is 0 Å². The molecule has 112 valence electrons. The third-order valence-corrected chi connectivity index (χ3v) is 3.46. The largest absolute Gasteiger partial charge is 0.366 e. The second-order valence-electron chi connectivity index (χ2n) is 5.01. The molecule has 21 heavy (non-hydrogen) atoms. The van der Waals surface area contributed by atoms with Crippen LogP contribution in [0.2, 0.25) is 0 Å². The molecule has 1 atom stereocenters. The topological polar surface area (TPSA) is 47.0 Å². The smallest absolute Gasteiger partial charge is 0.162 e. The first-order chi connectivity index (χ1) is 10.2. The average Bonchev–Trinajstić information content (AvgIpc) is 2.49. The van der Waals surface area contributed by atoms with Gasteiger partial charge in [0, 0.05) is 30.1 Å². The number of benzene rings is 1. The fourth-order valence-corrected chi connectivity index (χ4v) is 2.43. The number of ether oxygens (including phenoxy) is 1. The van der Waals surface area contributed by atoms with Crippen molar-refractivity contribution in [2.24, 2.45) is 0 Å². The maximum atomic E-state index is 5.88. The Morgan fingerprint density at radius 3 is 2.24 bits per heavy atom. The van der Waals surface area contributed by atoms with Crippen LogP contribution in [0, 0.1) is 13.8 Å². The fraction of sp³-hybridized carbons (Fsp3) is 0.412. The highest BCUT2D eigenvalue weighted by molar-refractivity contribution is 5.28. The summed E-state index contributed by atoms with van der Waals surface area (Å²) in [4.78, 5) is 9.34. The molecule has 0 aliphatic carbocycles. The van der Waals surface area contributed by atoms with Crippen LogP contribution in [-0.2, 0) is 11.3 Å². The van der Waals surface area contributed by atoms with Crippen LogP contribution in [0.3, 0.4) is 0 Å². The molecule has 4 nitrogen and oxygen atoms in total. The number of aryl methyl sites for hydroxylation is 2. The van der Waals surface area contributed by atoms with E-state index in [-0.39, 0.29) is 6.10 Å². The molecule has 0 bridgehead atoms. The quantitative estimate of drug-likeness (QED) is 0.886. The molecule has 0 amide bonds. The molecule has 0 saturated carbocycles. The highest BCUT2D eigenvalue weighted by atomic mass is 16.5. The SMILES string of the molecule is CCOC(c1ccccc1)c1nc(C)c(CNC)c(C)n1. The van der Waals surface area contributed by atoms with E-state index in [0.717, 1.165) is 34.9 Å². The maximum absolute atomic E-state index is 5.88. The van der Waals surface area contributed by atoms with E-state index in [0.29, 0.717) is 6.61 Å². The minimum Gasteiger partial charge on any atom is -0.366 e. The zero-order valence-corrected chi connectivity index (χ0v) is 13.2. The Balaban J connectivity index is 2.42. The van der Waals surface area contributed by atoms with Crippen molar-refractivity contribution in [1.82, 2.24) is 15.3 Å². The molecular formula is C17H23N3O. The Kier molecular flexibility index (Phi) is 5.42. The summed E-state index contributed by atoms with van der Waals surface area (Å²) in [6, 6.07) is 10.1. The first-order valence-corrected chi connectivity index (χ1v) is 7.32. The number of nitrogens with one attached hydrogen (secondary N) is 1. The third kappa shape index (κ3) is 3.65. The van der Waals surface area contributed by atoms with Gasteiger partial charge in [-0.15, -0.1) is 0 Å². The second-order valence-corrected chi connectivity index (χ2v) is 5.01. The van der Waals surface area contributed by atoms with Crippen molar-refractivity contribution in [3.63, 3.8) is 0 Å². The molecule has 1 aromatic heterocycles. The number of hydrogen-bond donors (Lipinski definition) is 1. The van der Waals surface area contributed by atoms with Gasteiger partial charge < -0.3 is 10.1 Å². The number of hydrogen-bond acceptors (Lipinski definition) is 4. The van der Waals surface area contributed by atoms with Crippen LogP contribution in [0.5, 0.6) is 0 Å². The lowest BCUT2D eigenvalue weighted by molar-refractivity contribution is 0.0848. The van der Waals surface area contributed by atoms with Gasteiger partial charge in [0.05, 0.1) is 0 Å². The van der Waals surface area contributed by atoms with E-state index in [1.165, 1.54) is 0 Å². The van der Waals surface area contributed by atoms with Gasteiger partial charge in [-0.3, -0.25) is 0 Å². The highest BCUT2D eigenvalue weighted by Gasteiger charge is 2.19. The Labute approximate surface area is 126 Å². The molecule has 0 spiro atoms. The summed E-state index contributed by atoms with van der Waals surface area (Å²) in [5.74, 6) is 0.734. The van der Waals surface area contributed by atoms with Gasteiger partial charge in [0.15, 0.2) is 5.82 Å². The first-order valence-electron chi connectivity index (χ1n) is 7.32. The molecule has 2 rings (SSSR count). The van der Waals surface area contributed by atoms with E-state index in [4.69, 9.17) is 4.74 Å². The van der Waals surface area contributed by atoms with Crippen LogP contribution < -0.4 is 5.32 Å². The normalized spacial score (nSPS) is 12.4. The van der Waals surface area contributed by atoms with Crippen LogP contribution in [-0.4, -0.2) is 23.6 Å². The summed E-state index contributed by atoms with van der Waals surface area (Å²) >= 11 is 0. The van der Waals surface area contributed by atoms with Crippen molar-refractivity contribution in [1.29, 1.82) is 0 Å². The zero-order valence-electron chi connectivity index (χ0n) is 13.2. The average molecular weight is 285 g/mol. The first kappa shape index (κ1) is 15.6. The molecular weight excluding hydrogens is 262 g/mol. The van der Waals surface area contributed by atoms with Crippen LogP contribution >= 0.6 is 0 Å². The molecule has 1 aromatic carbocycles. The molecule has 1 unspecified atom stereocenters. The van der Waals surface area contributed by atoms with E-state index < -0.39 is 0 Å². The Morgan fingerprint density at radius 1 is 1.10 bits per heavy atom. The van der Waals surface area contributed by atoms with E-state index in [9.17, 15) is 0 Å². The van der Waals surface area contributed by atoms with Crippen molar-refractivity contribution in [2.45, 2.75) is 33.4 Å². The molecule has 1 heterocycles. The van der Waals surface area contributed by atoms with Crippen LogP contribution in [0.1, 0.15) is 41.4 Å². The van der Waals surface area contributed by atoms with Crippen molar-refractivity contribution in [2.75, 3.05) is 13.7 Å². The maximum Gasteiger partial charge on any atom is 0.162 e. The minimum atomic E-state index is -0.211. The monoisotopic (exact) mass is 285 g/mol. The van der Waals surface area contributed by atoms with Crippen LogP contribution in [0.25, 0.3) is 0 Å². The van der Waals surface area contributed by atoms with Gasteiger partial charge in [0.1, 0.15) is 6.10 Å². The summed E-state index contributed by atoms with van der Waals surface area (Å²) in [7, 11) is 1.93. The Morgan fingerprint density at radius 2 is 1.71 bits per heavy atom. The predicted octanol–water partition coefficient (Wildman–Crippen LogP) is 2.94. The fourth-order valence-electron chi connectivity index (χ4n) is 2.43. The summed E-state index contributed by atoms with van der Waals surface area (Å²) < 4.78 is 5.88. The van der Waals surface area contributed by atoms with Crippen molar-refractivity contribution < 1.29 is 4.74 Å². The molecule has 0 aliphatic rings. The number of aromatic nitrogens is 2. The lowest BCUT2D eigenvalue weighted by atomic mass is 10.1. The summed E-state index contributed by atoms with van der Waals surface area (Å²) in [6.45, 7) is 7.45. The standard InChI is InChI=1S/C17H23N3O/c1-5-21-16(14-9-7-6-8-10-14)17-19-12(2)15(11-18-4)13(3)20-17/h6-10,16,18H,5,11H2,1-4H3. The highest BCUT2D eigenvalue weighted by Crippen LogP contribution is 2.24. The Hall–Kier alpha value is -1.78. The molecule has 0 fully saturated rings. The molecule has 0 saturated heterocycles. The van der Waals surface area contributed by atoms with Gasteiger partial charge in [-0.25, -0.2) is 9.97 Å². The second kappa shape index (κ2) is 7.29. The zero-order chi connectivity index (χ0) is 15.2. The van der Waals surface area contributed by atoms with E-state index in [2.05, 4.69) is 27.4 Å². The predicted molar refractivity (Wildman–Crippen MR) is 84.2 cm³/mol. The molecule has 2 aromatic rings. The molecule has 4 heteroatoms. The lowest BCUT2D eigenvalue weighted by Gasteiger charge is -2.18. The van der Waals surface area contributed by atoms with Crippen molar-refractivity contribution in [3.05, 3.63) is 58.7 Å². The van der Waals surface area contributed by atoms with E-state index >= 15 is 0 Å². The Bertz CT molecular complexity index is 561. The summed E-state index contributed by atoms with van der Waals surface area (Å²) in [5, 5.41) is 3.16. The molecule has 0 aliphatic heterocycles. The van der Waals surface area contributed by atoms with E-state index in [1.54, 1.807) is 0 Å². The lowest BCUT2D eigenvalue weighted by Crippen LogP contribution is -2.16. The minimum absolute atomic E-state index is 0.211. The van der Waals surface area contributed by atoms with Gasteiger partial charge in [-0.1, -0.05) is 30.3 Å². The molecule has 0 radical (unpaired) electrons. The van der Waals surface area contributed by atoms with Gasteiger partial charge in [0.25, 0.3) is 0 Å². The van der Waals surface area contributed by atoms with Crippen molar-refractivity contribution in [3.8, 4) is 0 Å². The summed E-state index contributed by atoms with van der Waals surface area (Å²) in [6.07, 6.45) is -0.211. The number of nitrogens with zero attached hydrogens (tertiary/aromatic N) is 2. The summed E-state index contributed by atoms with van der Waals surface area (Å²) in [5.41, 5.74) is 4.25. The third-order valence-electron chi connectivity index (χ3n) is 3.46. The van der Waals surface area contributed by atoms with E-state index in [1.807, 2.05) is 46.0 Å².